The number of nitrogens with two attached hydrogens (primary N) is 1. The van der Waals surface area contributed by atoms with Gasteiger partial charge in [-0.3, -0.25) is 4.79 Å². The lowest BCUT2D eigenvalue weighted by atomic mass is 10.0. The van der Waals surface area contributed by atoms with E-state index in [2.05, 4.69) is 10.0 Å². The Labute approximate surface area is 187 Å². The summed E-state index contributed by atoms with van der Waals surface area (Å²) in [6, 6.07) is 17.0. The van der Waals surface area contributed by atoms with Crippen molar-refractivity contribution in [1.82, 2.24) is 10.0 Å². The second-order valence-corrected chi connectivity index (χ2v) is 11.0. The maximum absolute atomic E-state index is 12.9. The van der Waals surface area contributed by atoms with Crippen LogP contribution in [0.4, 0.5) is 0 Å². The number of nitrogens with one attached hydrogen (secondary N) is 2. The van der Waals surface area contributed by atoms with Crippen LogP contribution in [0.25, 0.3) is 10.8 Å². The Balaban J connectivity index is 1.73. The molecule has 0 radical (unpaired) electrons. The van der Waals surface area contributed by atoms with Crippen LogP contribution in [0.2, 0.25) is 0 Å². The summed E-state index contributed by atoms with van der Waals surface area (Å²) in [5.41, 5.74) is 0.644. The smallest absolute Gasteiger partial charge is 0.241 e. The van der Waals surface area contributed by atoms with Crippen LogP contribution in [0.1, 0.15) is 19.4 Å². The average molecular weight is 476 g/mol. The Bertz CT molecular complexity index is 1340. The third-order valence-corrected chi connectivity index (χ3v) is 7.35. The molecule has 0 aliphatic heterocycles. The largest absolute Gasteiger partial charge is 0.351 e. The number of sulfonamides is 2. The molecule has 0 saturated carbocycles. The fraction of sp³-hybridized carbons (Fsp3) is 0.227. The molecule has 0 fully saturated rings. The maximum atomic E-state index is 12.9. The molecule has 3 aromatic rings. The molecule has 0 aromatic heterocycles. The van der Waals surface area contributed by atoms with E-state index >= 15 is 0 Å². The number of fused-ring (bicyclic) bond motifs is 1. The van der Waals surface area contributed by atoms with Crippen molar-refractivity contribution in [2.75, 3.05) is 0 Å². The molecular formula is C22H25N3O5S2. The van der Waals surface area contributed by atoms with Crippen molar-refractivity contribution in [3.8, 4) is 0 Å². The Morgan fingerprint density at radius 3 is 2.06 bits per heavy atom. The van der Waals surface area contributed by atoms with E-state index in [1.54, 1.807) is 26.0 Å². The number of carbonyl (C=O) groups is 1. The van der Waals surface area contributed by atoms with Gasteiger partial charge in [-0.05, 0) is 46.5 Å². The highest BCUT2D eigenvalue weighted by atomic mass is 32.2. The minimum absolute atomic E-state index is 0.0317. The summed E-state index contributed by atoms with van der Waals surface area (Å²) in [5.74, 6) is -0.796. The van der Waals surface area contributed by atoms with Gasteiger partial charge in [-0.2, -0.15) is 4.72 Å². The second kappa shape index (κ2) is 9.37. The summed E-state index contributed by atoms with van der Waals surface area (Å²) in [5, 5.41) is 9.47. The van der Waals surface area contributed by atoms with Gasteiger partial charge >= 0.3 is 0 Å². The predicted molar refractivity (Wildman–Crippen MR) is 123 cm³/mol. The van der Waals surface area contributed by atoms with Gasteiger partial charge in [0.15, 0.2) is 0 Å². The quantitative estimate of drug-likeness (QED) is 0.458. The lowest BCUT2D eigenvalue weighted by Gasteiger charge is -2.22. The van der Waals surface area contributed by atoms with Gasteiger partial charge in [-0.1, -0.05) is 56.3 Å². The van der Waals surface area contributed by atoms with Gasteiger partial charge in [0.2, 0.25) is 26.0 Å². The molecule has 1 atom stereocenters. The summed E-state index contributed by atoms with van der Waals surface area (Å²) < 4.78 is 51.1. The fourth-order valence-corrected chi connectivity index (χ4v) is 5.05. The Hall–Kier alpha value is -2.79. The molecule has 10 heteroatoms. The molecule has 0 spiro atoms. The van der Waals surface area contributed by atoms with Gasteiger partial charge in [0.1, 0.15) is 6.04 Å². The number of hydrogen-bond donors (Lipinski definition) is 3. The first-order valence-electron chi connectivity index (χ1n) is 9.88. The van der Waals surface area contributed by atoms with E-state index in [0.717, 1.165) is 10.8 Å². The van der Waals surface area contributed by atoms with Gasteiger partial charge < -0.3 is 5.32 Å². The number of hydrogen-bond acceptors (Lipinski definition) is 5. The number of primary sulfonamides is 1. The monoisotopic (exact) mass is 475 g/mol. The molecule has 0 heterocycles. The third kappa shape index (κ3) is 5.71. The normalized spacial score (nSPS) is 13.2. The van der Waals surface area contributed by atoms with Crippen LogP contribution >= 0.6 is 0 Å². The van der Waals surface area contributed by atoms with E-state index in [-0.39, 0.29) is 22.3 Å². The van der Waals surface area contributed by atoms with E-state index in [9.17, 15) is 21.6 Å². The zero-order chi connectivity index (χ0) is 23.5. The topological polar surface area (TPSA) is 135 Å². The van der Waals surface area contributed by atoms with Crippen LogP contribution in [-0.4, -0.2) is 28.8 Å². The summed E-state index contributed by atoms with van der Waals surface area (Å²) in [7, 11) is -7.74. The molecule has 1 amide bonds. The average Bonchev–Trinajstić information content (AvgIpc) is 2.75. The SMILES string of the molecule is CC(C)[C@H](NS(=O)(=O)c1ccc2ccccc2c1)C(=O)NCc1ccc(S(N)(=O)=O)cc1. The summed E-state index contributed by atoms with van der Waals surface area (Å²) in [6.45, 7) is 3.59. The highest BCUT2D eigenvalue weighted by molar-refractivity contribution is 7.89. The van der Waals surface area contributed by atoms with E-state index in [0.29, 0.717) is 5.56 Å². The molecular weight excluding hydrogens is 450 g/mol. The van der Waals surface area contributed by atoms with Crippen molar-refractivity contribution in [3.63, 3.8) is 0 Å². The van der Waals surface area contributed by atoms with E-state index in [1.165, 1.54) is 30.3 Å². The van der Waals surface area contributed by atoms with Gasteiger partial charge in [0, 0.05) is 6.54 Å². The van der Waals surface area contributed by atoms with Crippen molar-refractivity contribution >= 4 is 36.7 Å². The molecule has 32 heavy (non-hydrogen) atoms. The van der Waals surface area contributed by atoms with E-state index < -0.39 is 32.0 Å². The zero-order valence-corrected chi connectivity index (χ0v) is 19.3. The Morgan fingerprint density at radius 1 is 0.875 bits per heavy atom. The molecule has 0 aliphatic rings. The third-order valence-electron chi connectivity index (χ3n) is 4.98. The van der Waals surface area contributed by atoms with Crippen LogP contribution in [0.5, 0.6) is 0 Å². The minimum Gasteiger partial charge on any atom is -0.351 e. The highest BCUT2D eigenvalue weighted by Gasteiger charge is 2.28. The van der Waals surface area contributed by atoms with Crippen LogP contribution < -0.4 is 15.2 Å². The fourth-order valence-electron chi connectivity index (χ4n) is 3.16. The van der Waals surface area contributed by atoms with Crippen LogP contribution in [0.3, 0.4) is 0 Å². The second-order valence-electron chi connectivity index (χ2n) is 7.76. The van der Waals surface area contributed by atoms with Crippen LogP contribution in [0.15, 0.2) is 76.5 Å². The minimum atomic E-state index is -3.94. The summed E-state index contributed by atoms with van der Waals surface area (Å²) >= 11 is 0. The first-order chi connectivity index (χ1) is 15.0. The molecule has 0 saturated heterocycles. The molecule has 0 aliphatic carbocycles. The summed E-state index contributed by atoms with van der Waals surface area (Å²) in [4.78, 5) is 12.8. The first-order valence-corrected chi connectivity index (χ1v) is 12.9. The molecule has 3 rings (SSSR count). The van der Waals surface area contributed by atoms with Crippen molar-refractivity contribution < 1.29 is 21.6 Å². The Kier molecular flexibility index (Phi) is 6.99. The first kappa shape index (κ1) is 23.9. The maximum Gasteiger partial charge on any atom is 0.241 e. The van der Waals surface area contributed by atoms with Gasteiger partial charge in [0.25, 0.3) is 0 Å². The number of benzene rings is 3. The number of carbonyl (C=O) groups excluding carboxylic acids is 1. The molecule has 0 unspecified atom stereocenters. The number of rotatable bonds is 8. The molecule has 170 valence electrons. The van der Waals surface area contributed by atoms with Crippen molar-refractivity contribution in [3.05, 3.63) is 72.3 Å². The summed E-state index contributed by atoms with van der Waals surface area (Å²) in [6.07, 6.45) is 0. The van der Waals surface area contributed by atoms with Crippen molar-refractivity contribution in [2.45, 2.75) is 36.2 Å². The van der Waals surface area contributed by atoms with Crippen LogP contribution in [-0.2, 0) is 31.4 Å². The number of amides is 1. The van der Waals surface area contributed by atoms with Gasteiger partial charge in [0.05, 0.1) is 9.79 Å². The van der Waals surface area contributed by atoms with Gasteiger partial charge in [-0.25, -0.2) is 22.0 Å². The van der Waals surface area contributed by atoms with Crippen molar-refractivity contribution in [1.29, 1.82) is 0 Å². The van der Waals surface area contributed by atoms with E-state index in [1.807, 2.05) is 24.3 Å². The lowest BCUT2D eigenvalue weighted by molar-refractivity contribution is -0.123. The predicted octanol–water partition coefficient (Wildman–Crippen LogP) is 2.11. The van der Waals surface area contributed by atoms with Gasteiger partial charge in [-0.15, -0.1) is 0 Å². The lowest BCUT2D eigenvalue weighted by Crippen LogP contribution is -2.49. The molecule has 3 aromatic carbocycles. The standard InChI is InChI=1S/C22H25N3O5S2/c1-15(2)21(22(26)24-14-16-7-10-19(11-8-16)31(23,27)28)25-32(29,30)20-12-9-17-5-3-4-6-18(17)13-20/h3-13,15,21,25H,14H2,1-2H3,(H,24,26)(H2,23,27,28)/t21-/m0/s1. The zero-order valence-electron chi connectivity index (χ0n) is 17.6. The van der Waals surface area contributed by atoms with Crippen molar-refractivity contribution in [2.24, 2.45) is 11.1 Å². The van der Waals surface area contributed by atoms with E-state index in [4.69, 9.17) is 5.14 Å². The molecule has 0 bridgehead atoms. The molecule has 4 N–H and O–H groups in total. The highest BCUT2D eigenvalue weighted by Crippen LogP contribution is 2.20. The Morgan fingerprint density at radius 2 is 1.47 bits per heavy atom. The van der Waals surface area contributed by atoms with Crippen LogP contribution in [0, 0.1) is 5.92 Å². The molecule has 8 nitrogen and oxygen atoms in total.